The molecule has 0 N–H and O–H groups in total. The van der Waals surface area contributed by atoms with Gasteiger partial charge in [-0.3, -0.25) is 14.9 Å². The summed E-state index contributed by atoms with van der Waals surface area (Å²) in [5.41, 5.74) is 0.960. The summed E-state index contributed by atoms with van der Waals surface area (Å²) in [5, 5.41) is 12.4. The molecule has 1 fully saturated rings. The number of nitrogens with zero attached hydrogens (tertiary/aromatic N) is 2. The van der Waals surface area contributed by atoms with Crippen LogP contribution in [0.25, 0.3) is 11.0 Å². The maximum atomic E-state index is 12.4. The summed E-state index contributed by atoms with van der Waals surface area (Å²) < 4.78 is 10.6. The molecule has 1 saturated heterocycles. The molecular formula is C23H22N2O6. The number of benzene rings is 2. The van der Waals surface area contributed by atoms with Crippen molar-refractivity contribution in [3.05, 3.63) is 70.0 Å². The first-order valence-electron chi connectivity index (χ1n) is 10.3. The normalized spacial score (nSPS) is 14.3. The van der Waals surface area contributed by atoms with Crippen LogP contribution in [-0.4, -0.2) is 36.4 Å². The highest BCUT2D eigenvalue weighted by atomic mass is 16.6. The number of ether oxygens (including phenoxy) is 1. The molecule has 0 unspecified atom stereocenters. The molecule has 0 aliphatic carbocycles. The third-order valence-corrected chi connectivity index (χ3v) is 5.39. The number of para-hydroxylation sites is 1. The summed E-state index contributed by atoms with van der Waals surface area (Å²) in [5.74, 6) is -1.19. The molecule has 1 aliphatic heterocycles. The van der Waals surface area contributed by atoms with E-state index in [-0.39, 0.29) is 17.0 Å². The van der Waals surface area contributed by atoms with Crippen LogP contribution in [0.15, 0.2) is 52.9 Å². The molecule has 0 bridgehead atoms. The number of hydrogen-bond donors (Lipinski definition) is 0. The van der Waals surface area contributed by atoms with Crippen LogP contribution in [0.4, 0.5) is 11.4 Å². The Labute approximate surface area is 178 Å². The zero-order valence-corrected chi connectivity index (χ0v) is 16.9. The Hall–Kier alpha value is -3.68. The van der Waals surface area contributed by atoms with Crippen molar-refractivity contribution < 1.29 is 23.7 Å². The lowest BCUT2D eigenvalue weighted by atomic mass is 10.1. The third-order valence-electron chi connectivity index (χ3n) is 5.39. The molecule has 4 rings (SSSR count). The standard InChI is InChI=1S/C23H22N2O6/c26-20(22-14-16-7-3-4-8-21(16)31-22)15-30-23(27)17-9-10-18(19(13-17)25(28)29)24-11-5-1-2-6-12-24/h3-4,7-10,13-14H,1-2,5-6,11-12,15H2. The number of nitro benzene ring substituents is 1. The number of rotatable bonds is 6. The molecule has 0 radical (unpaired) electrons. The van der Waals surface area contributed by atoms with Crippen molar-refractivity contribution in [3.8, 4) is 0 Å². The number of hydrogen-bond acceptors (Lipinski definition) is 7. The SMILES string of the molecule is O=C(OCC(=O)c1cc2ccccc2o1)c1ccc(N2CCCCCC2)c([N+](=O)[O-])c1. The molecule has 3 aromatic rings. The first-order valence-corrected chi connectivity index (χ1v) is 10.3. The smallest absolute Gasteiger partial charge is 0.338 e. The molecule has 8 nitrogen and oxygen atoms in total. The second-order valence-electron chi connectivity index (χ2n) is 7.51. The van der Waals surface area contributed by atoms with Crippen molar-refractivity contribution in [1.29, 1.82) is 0 Å². The van der Waals surface area contributed by atoms with E-state index in [0.29, 0.717) is 11.3 Å². The molecule has 2 aromatic carbocycles. The average molecular weight is 422 g/mol. The number of carbonyl (C=O) groups excluding carboxylic acids is 2. The number of ketones is 1. The van der Waals surface area contributed by atoms with E-state index in [1.807, 2.05) is 17.0 Å². The second-order valence-corrected chi connectivity index (χ2v) is 7.51. The van der Waals surface area contributed by atoms with E-state index < -0.39 is 23.3 Å². The predicted molar refractivity (Wildman–Crippen MR) is 115 cm³/mol. The summed E-state index contributed by atoms with van der Waals surface area (Å²) >= 11 is 0. The van der Waals surface area contributed by atoms with E-state index in [2.05, 4.69) is 0 Å². The van der Waals surface area contributed by atoms with Gasteiger partial charge in [0.15, 0.2) is 12.4 Å². The van der Waals surface area contributed by atoms with E-state index in [1.54, 1.807) is 24.3 Å². The Morgan fingerprint density at radius 1 is 1.03 bits per heavy atom. The van der Waals surface area contributed by atoms with Crippen LogP contribution in [0.1, 0.15) is 46.6 Å². The maximum absolute atomic E-state index is 12.4. The molecule has 0 saturated carbocycles. The molecule has 0 atom stereocenters. The minimum absolute atomic E-state index is 0.0303. The zero-order chi connectivity index (χ0) is 21.8. The van der Waals surface area contributed by atoms with Gasteiger partial charge in [-0.25, -0.2) is 4.79 Å². The van der Waals surface area contributed by atoms with Crippen molar-refractivity contribution in [2.45, 2.75) is 25.7 Å². The lowest BCUT2D eigenvalue weighted by Gasteiger charge is -2.22. The fourth-order valence-electron chi connectivity index (χ4n) is 3.78. The van der Waals surface area contributed by atoms with Crippen LogP contribution >= 0.6 is 0 Å². The number of furan rings is 1. The molecule has 0 amide bonds. The van der Waals surface area contributed by atoms with E-state index in [9.17, 15) is 19.7 Å². The van der Waals surface area contributed by atoms with Crippen molar-refractivity contribution in [3.63, 3.8) is 0 Å². The highest BCUT2D eigenvalue weighted by Gasteiger charge is 2.24. The summed E-state index contributed by atoms with van der Waals surface area (Å²) in [4.78, 5) is 37.9. The third kappa shape index (κ3) is 4.58. The van der Waals surface area contributed by atoms with Crippen LogP contribution in [0.2, 0.25) is 0 Å². The minimum atomic E-state index is -0.796. The predicted octanol–water partition coefficient (Wildman–Crippen LogP) is 4.76. The average Bonchev–Trinajstić information content (AvgIpc) is 3.03. The van der Waals surface area contributed by atoms with Gasteiger partial charge in [-0.15, -0.1) is 0 Å². The monoisotopic (exact) mass is 422 g/mol. The van der Waals surface area contributed by atoms with Gasteiger partial charge in [-0.2, -0.15) is 0 Å². The van der Waals surface area contributed by atoms with Crippen LogP contribution in [0, 0.1) is 10.1 Å². The second kappa shape index (κ2) is 8.99. The van der Waals surface area contributed by atoms with Crippen LogP contribution < -0.4 is 4.90 Å². The topological polar surface area (TPSA) is 103 Å². The van der Waals surface area contributed by atoms with Crippen LogP contribution in [0.3, 0.4) is 0 Å². The number of anilines is 1. The van der Waals surface area contributed by atoms with Crippen molar-refractivity contribution >= 4 is 34.1 Å². The first kappa shape index (κ1) is 20.6. The van der Waals surface area contributed by atoms with E-state index in [4.69, 9.17) is 9.15 Å². The van der Waals surface area contributed by atoms with Crippen LogP contribution in [-0.2, 0) is 4.74 Å². The van der Waals surface area contributed by atoms with E-state index >= 15 is 0 Å². The largest absolute Gasteiger partial charge is 0.454 e. The number of carbonyl (C=O) groups is 2. The summed E-state index contributed by atoms with van der Waals surface area (Å²) in [6.07, 6.45) is 4.16. The maximum Gasteiger partial charge on any atom is 0.338 e. The molecule has 31 heavy (non-hydrogen) atoms. The van der Waals surface area contributed by atoms with Crippen molar-refractivity contribution in [1.82, 2.24) is 0 Å². The fourth-order valence-corrected chi connectivity index (χ4v) is 3.78. The van der Waals surface area contributed by atoms with Gasteiger partial charge >= 0.3 is 5.97 Å². The van der Waals surface area contributed by atoms with Gasteiger partial charge in [0.2, 0.25) is 5.78 Å². The molecule has 1 aromatic heterocycles. The first-order chi connectivity index (χ1) is 15.0. The van der Waals surface area contributed by atoms with Gasteiger partial charge < -0.3 is 14.1 Å². The molecular weight excluding hydrogens is 400 g/mol. The Morgan fingerprint density at radius 3 is 2.48 bits per heavy atom. The number of fused-ring (bicyclic) bond motifs is 1. The number of Topliss-reactive ketones (excluding diaryl/α,β-unsaturated/α-hetero) is 1. The van der Waals surface area contributed by atoms with Gasteiger partial charge in [-0.1, -0.05) is 31.0 Å². The Kier molecular flexibility index (Phi) is 5.97. The molecule has 8 heteroatoms. The quantitative estimate of drug-likeness (QED) is 0.244. The van der Waals surface area contributed by atoms with Gasteiger partial charge in [0, 0.05) is 24.5 Å². The van der Waals surface area contributed by atoms with Gasteiger partial charge in [0.1, 0.15) is 11.3 Å². The highest BCUT2D eigenvalue weighted by molar-refractivity contribution is 6.00. The molecule has 1 aliphatic rings. The number of nitro groups is 1. The van der Waals surface area contributed by atoms with E-state index in [0.717, 1.165) is 44.2 Å². The molecule has 0 spiro atoms. The van der Waals surface area contributed by atoms with Gasteiger partial charge in [0.05, 0.1) is 10.5 Å². The van der Waals surface area contributed by atoms with Crippen molar-refractivity contribution in [2.24, 2.45) is 0 Å². The van der Waals surface area contributed by atoms with Gasteiger partial charge in [0.25, 0.3) is 5.69 Å². The molecule has 2 heterocycles. The summed E-state index contributed by atoms with van der Waals surface area (Å²) in [6.45, 7) is 0.980. The summed E-state index contributed by atoms with van der Waals surface area (Å²) in [6, 6.07) is 13.1. The Morgan fingerprint density at radius 2 is 1.77 bits per heavy atom. The fraction of sp³-hybridized carbons (Fsp3) is 0.304. The van der Waals surface area contributed by atoms with Crippen LogP contribution in [0.5, 0.6) is 0 Å². The Bertz CT molecular complexity index is 1100. The lowest BCUT2D eigenvalue weighted by Crippen LogP contribution is -2.25. The lowest BCUT2D eigenvalue weighted by molar-refractivity contribution is -0.384. The minimum Gasteiger partial charge on any atom is -0.454 e. The zero-order valence-electron chi connectivity index (χ0n) is 16.9. The number of esters is 1. The van der Waals surface area contributed by atoms with Gasteiger partial charge in [-0.05, 0) is 37.1 Å². The summed E-state index contributed by atoms with van der Waals surface area (Å²) in [7, 11) is 0. The van der Waals surface area contributed by atoms with E-state index in [1.165, 1.54) is 12.1 Å². The highest BCUT2D eigenvalue weighted by Crippen LogP contribution is 2.31. The molecule has 160 valence electrons. The van der Waals surface area contributed by atoms with Crippen molar-refractivity contribution in [2.75, 3.05) is 24.6 Å². The Balaban J connectivity index is 1.46.